The van der Waals surface area contributed by atoms with E-state index in [0.717, 1.165) is 12.0 Å². The largest absolute Gasteiger partial charge is 0.328 e. The highest BCUT2D eigenvalue weighted by Gasteiger charge is 2.05. The minimum Gasteiger partial charge on any atom is -0.163 e. The second kappa shape index (κ2) is 4.46. The average molecular weight is 206 g/mol. The zero-order chi connectivity index (χ0) is 9.84. The predicted octanol–water partition coefficient (Wildman–Crippen LogP) is 3.79. The van der Waals surface area contributed by atoms with Crippen molar-refractivity contribution in [1.29, 1.82) is 0 Å². The molecule has 0 spiro atoms. The maximum Gasteiger partial charge on any atom is 0.328 e. The first-order valence-electron chi connectivity index (χ1n) is 3.82. The number of benzene rings is 1. The van der Waals surface area contributed by atoms with Crippen LogP contribution >= 0.6 is 10.9 Å². The van der Waals surface area contributed by atoms with Gasteiger partial charge in [-0.1, -0.05) is 19.1 Å². The summed E-state index contributed by atoms with van der Waals surface area (Å²) in [5.41, 5.74) is 1.01. The van der Waals surface area contributed by atoms with Crippen molar-refractivity contribution in [2.45, 2.75) is 18.2 Å². The molecule has 0 aliphatic carbocycles. The zero-order valence-electron chi connectivity index (χ0n) is 7.06. The van der Waals surface area contributed by atoms with Crippen LogP contribution in [0.15, 0.2) is 29.2 Å². The first kappa shape index (κ1) is 10.3. The van der Waals surface area contributed by atoms with Gasteiger partial charge in [-0.05, 0) is 24.1 Å². The summed E-state index contributed by atoms with van der Waals surface area (Å²) in [5.74, 6) is 0. The maximum absolute atomic E-state index is 12.7. The maximum atomic E-state index is 12.7. The number of hydrogen-bond acceptors (Lipinski definition) is 0. The van der Waals surface area contributed by atoms with Crippen molar-refractivity contribution in [2.24, 2.45) is 0 Å². The third kappa shape index (κ3) is 2.59. The van der Waals surface area contributed by atoms with Gasteiger partial charge in [0.15, 0.2) is 0 Å². The van der Waals surface area contributed by atoms with Crippen LogP contribution in [0.2, 0.25) is 0 Å². The van der Waals surface area contributed by atoms with E-state index < -0.39 is 16.2 Å². The molecule has 1 rings (SSSR count). The monoisotopic (exact) mass is 206 g/mol. The topological polar surface area (TPSA) is 0 Å². The van der Waals surface area contributed by atoms with Gasteiger partial charge >= 0.3 is 5.37 Å². The van der Waals surface area contributed by atoms with Crippen molar-refractivity contribution in [3.05, 3.63) is 29.8 Å². The molecule has 1 aromatic rings. The van der Waals surface area contributed by atoms with Crippen LogP contribution in [0.25, 0.3) is 0 Å². The highest BCUT2D eigenvalue weighted by molar-refractivity contribution is 8.11. The van der Waals surface area contributed by atoms with E-state index in [1.807, 2.05) is 6.92 Å². The van der Waals surface area contributed by atoms with E-state index in [2.05, 4.69) is 0 Å². The van der Waals surface area contributed by atoms with Gasteiger partial charge in [0, 0.05) is 4.90 Å². The van der Waals surface area contributed by atoms with Crippen LogP contribution in [0.3, 0.4) is 0 Å². The Morgan fingerprint density at radius 1 is 1.23 bits per heavy atom. The minimum absolute atomic E-state index is 0.0391. The molecule has 0 N–H and O–H groups in total. The Bertz CT molecular complexity index is 312. The van der Waals surface area contributed by atoms with Crippen molar-refractivity contribution >= 4 is 16.2 Å². The molecule has 13 heavy (non-hydrogen) atoms. The molecular formula is C9H9F3S. The standard InChI is InChI=1S/C9H9F3S/c1-2-7-3-5-8(6-4-7)13(12)9(10)11/h3-6H,2H2,1H3. The third-order valence-electron chi connectivity index (χ3n) is 1.67. The summed E-state index contributed by atoms with van der Waals surface area (Å²) < 4.78 is 36.4. The molecule has 0 radical (unpaired) electrons. The van der Waals surface area contributed by atoms with Gasteiger partial charge in [0.1, 0.15) is 0 Å². The normalized spacial score (nSPS) is 12.6. The van der Waals surface area contributed by atoms with Gasteiger partial charge in [-0.15, -0.1) is 0 Å². The van der Waals surface area contributed by atoms with Crippen LogP contribution < -0.4 is 0 Å². The van der Waals surface area contributed by atoms with Gasteiger partial charge in [-0.3, -0.25) is 0 Å². The molecule has 1 atom stereocenters. The Balaban J connectivity index is 2.99. The number of aryl methyl sites for hydroxylation is 1. The van der Waals surface area contributed by atoms with Crippen molar-refractivity contribution in [1.82, 2.24) is 0 Å². The van der Waals surface area contributed by atoms with Crippen molar-refractivity contribution in [3.8, 4) is 0 Å². The van der Waals surface area contributed by atoms with Crippen LogP contribution in [0, 0.1) is 0 Å². The Morgan fingerprint density at radius 3 is 2.15 bits per heavy atom. The van der Waals surface area contributed by atoms with Crippen LogP contribution in [0.4, 0.5) is 12.7 Å². The second-order valence-corrected chi connectivity index (χ2v) is 3.77. The summed E-state index contributed by atoms with van der Waals surface area (Å²) in [6, 6.07) is 6.14. The number of halogens is 3. The highest BCUT2D eigenvalue weighted by atomic mass is 32.2. The van der Waals surface area contributed by atoms with E-state index in [1.165, 1.54) is 12.1 Å². The van der Waals surface area contributed by atoms with Crippen LogP contribution in [0.1, 0.15) is 12.5 Å². The fourth-order valence-corrected chi connectivity index (χ4v) is 1.49. The summed E-state index contributed by atoms with van der Waals surface area (Å²) in [6.45, 7) is 1.95. The molecule has 4 heteroatoms. The molecule has 0 amide bonds. The molecule has 0 saturated heterocycles. The van der Waals surface area contributed by atoms with E-state index in [-0.39, 0.29) is 4.90 Å². The minimum atomic E-state index is -2.51. The molecule has 0 bridgehead atoms. The lowest BCUT2D eigenvalue weighted by Gasteiger charge is -1.99. The third-order valence-corrected chi connectivity index (χ3v) is 2.63. The molecule has 0 aromatic heterocycles. The summed E-state index contributed by atoms with van der Waals surface area (Å²) in [5, 5.41) is -2.16. The zero-order valence-corrected chi connectivity index (χ0v) is 7.88. The molecular weight excluding hydrogens is 197 g/mol. The van der Waals surface area contributed by atoms with Crippen molar-refractivity contribution in [3.63, 3.8) is 0 Å². The highest BCUT2D eigenvalue weighted by Crippen LogP contribution is 2.30. The lowest BCUT2D eigenvalue weighted by atomic mass is 10.2. The Hall–Kier alpha value is -0.770. The molecule has 1 aromatic carbocycles. The second-order valence-electron chi connectivity index (χ2n) is 2.48. The molecule has 0 saturated carbocycles. The summed E-state index contributed by atoms with van der Waals surface area (Å²) in [7, 11) is -2.51. The fourth-order valence-electron chi connectivity index (χ4n) is 0.934. The molecule has 0 nitrogen and oxygen atoms in total. The Morgan fingerprint density at radius 2 is 1.77 bits per heavy atom. The first-order chi connectivity index (χ1) is 6.15. The van der Waals surface area contributed by atoms with Crippen LogP contribution in [0.5, 0.6) is 0 Å². The average Bonchev–Trinajstić information content (AvgIpc) is 2.17. The number of rotatable bonds is 2. The van der Waals surface area contributed by atoms with E-state index in [9.17, 15) is 12.7 Å². The number of hydrogen-bond donors (Lipinski definition) is 0. The molecule has 0 heterocycles. The quantitative estimate of drug-likeness (QED) is 0.510. The van der Waals surface area contributed by atoms with Gasteiger partial charge in [-0.25, -0.2) is 0 Å². The van der Waals surface area contributed by atoms with E-state index in [1.54, 1.807) is 12.1 Å². The van der Waals surface area contributed by atoms with Gasteiger partial charge in [0.25, 0.3) is 0 Å². The molecule has 72 valence electrons. The summed E-state index contributed by atoms with van der Waals surface area (Å²) >= 11 is 0. The van der Waals surface area contributed by atoms with Gasteiger partial charge < -0.3 is 0 Å². The fraction of sp³-hybridized carbons (Fsp3) is 0.222. The Kier molecular flexibility index (Phi) is 3.54. The molecule has 1 unspecified atom stereocenters. The first-order valence-corrected chi connectivity index (χ1v) is 4.95. The summed E-state index contributed by atoms with van der Waals surface area (Å²) in [6.07, 6.45) is 0.822. The SMILES string of the molecule is CCc1ccc(S(F)=C(F)F)cc1. The van der Waals surface area contributed by atoms with E-state index in [4.69, 9.17) is 0 Å². The van der Waals surface area contributed by atoms with E-state index >= 15 is 0 Å². The van der Waals surface area contributed by atoms with Crippen LogP contribution in [-0.2, 0) is 6.42 Å². The molecule has 0 fully saturated rings. The van der Waals surface area contributed by atoms with Crippen molar-refractivity contribution in [2.75, 3.05) is 0 Å². The van der Waals surface area contributed by atoms with Gasteiger partial charge in [0.05, 0.1) is 10.9 Å². The lowest BCUT2D eigenvalue weighted by molar-refractivity contribution is 0.638. The lowest BCUT2D eigenvalue weighted by Crippen LogP contribution is -1.81. The van der Waals surface area contributed by atoms with Crippen LogP contribution in [-0.4, -0.2) is 5.37 Å². The molecule has 0 aliphatic heterocycles. The van der Waals surface area contributed by atoms with Gasteiger partial charge in [-0.2, -0.15) is 12.7 Å². The predicted molar refractivity (Wildman–Crippen MR) is 50.0 cm³/mol. The molecule has 0 aliphatic rings. The van der Waals surface area contributed by atoms with Crippen molar-refractivity contribution < 1.29 is 12.7 Å². The summed E-state index contributed by atoms with van der Waals surface area (Å²) in [4.78, 5) is 0.0391. The smallest absolute Gasteiger partial charge is 0.163 e. The van der Waals surface area contributed by atoms with E-state index in [0.29, 0.717) is 0 Å². The Labute approximate surface area is 77.6 Å². The van der Waals surface area contributed by atoms with Gasteiger partial charge in [0.2, 0.25) is 0 Å².